The molecule has 1 heteroatoms. The molecule has 0 aliphatic rings. The maximum atomic E-state index is 13.7. The quantitative estimate of drug-likeness (QED) is 0.491. The molecule has 0 N–H and O–H groups in total. The zero-order chi connectivity index (χ0) is 14.5. The average Bonchev–Trinajstić information content (AvgIpc) is 2.46. The number of halogens is 1. The number of fused-ring (bicyclic) bond motifs is 1. The van der Waals surface area contributed by atoms with Gasteiger partial charge in [-0.3, -0.25) is 0 Å². The van der Waals surface area contributed by atoms with E-state index in [9.17, 15) is 4.39 Å². The third kappa shape index (κ3) is 2.75. The summed E-state index contributed by atoms with van der Waals surface area (Å²) in [6.45, 7) is 6.36. The van der Waals surface area contributed by atoms with Gasteiger partial charge in [0.05, 0.1) is 5.56 Å². The first-order valence-electron chi connectivity index (χ1n) is 7.05. The Balaban J connectivity index is 2.46. The van der Waals surface area contributed by atoms with Crippen LogP contribution in [0.2, 0.25) is 0 Å². The van der Waals surface area contributed by atoms with Gasteiger partial charge in [0.15, 0.2) is 0 Å². The molecule has 0 saturated carbocycles. The Bertz CT molecular complexity index is 674. The zero-order valence-corrected chi connectivity index (χ0v) is 11.9. The lowest BCUT2D eigenvalue weighted by Crippen LogP contribution is -1.91. The molecular formula is C19H19F. The number of rotatable bonds is 5. The number of hydrogen-bond acceptors (Lipinski definition) is 0. The molecule has 0 bridgehead atoms. The van der Waals surface area contributed by atoms with Gasteiger partial charge in [-0.1, -0.05) is 56.5 Å². The van der Waals surface area contributed by atoms with E-state index >= 15 is 0 Å². The molecule has 0 spiro atoms. The lowest BCUT2D eigenvalue weighted by atomic mass is 9.93. The topological polar surface area (TPSA) is 0 Å². The standard InChI is InChI=1S/C19H19F/c1-4-6-7-9-14(3)16-10-8-11-17-15(5-2)19(20)13-12-18(16)17/h2,8,10-13H,3-4,6-7,9H2,1H3. The molecule has 2 rings (SSSR count). The van der Waals surface area contributed by atoms with E-state index in [1.165, 1.54) is 18.9 Å². The first kappa shape index (κ1) is 14.3. The molecular weight excluding hydrogens is 247 g/mol. The molecule has 0 atom stereocenters. The van der Waals surface area contributed by atoms with Crippen molar-refractivity contribution in [2.24, 2.45) is 0 Å². The Kier molecular flexibility index (Phi) is 4.58. The second kappa shape index (κ2) is 6.39. The fraction of sp³-hybridized carbons (Fsp3) is 0.263. The van der Waals surface area contributed by atoms with Crippen molar-refractivity contribution in [2.75, 3.05) is 0 Å². The summed E-state index contributed by atoms with van der Waals surface area (Å²) in [6, 6.07) is 9.07. The molecule has 0 unspecified atom stereocenters. The summed E-state index contributed by atoms with van der Waals surface area (Å²) >= 11 is 0. The van der Waals surface area contributed by atoms with E-state index in [0.29, 0.717) is 5.56 Å². The summed E-state index contributed by atoms with van der Waals surface area (Å²) in [7, 11) is 0. The van der Waals surface area contributed by atoms with Crippen LogP contribution in [-0.4, -0.2) is 0 Å². The van der Waals surface area contributed by atoms with Crippen molar-refractivity contribution in [3.63, 3.8) is 0 Å². The van der Waals surface area contributed by atoms with Crippen LogP contribution in [0.15, 0.2) is 36.9 Å². The largest absolute Gasteiger partial charge is 0.206 e. The van der Waals surface area contributed by atoms with Crippen LogP contribution in [0.25, 0.3) is 16.3 Å². The Hall–Kier alpha value is -2.07. The molecule has 0 aliphatic heterocycles. The van der Waals surface area contributed by atoms with Crippen LogP contribution >= 0.6 is 0 Å². The zero-order valence-electron chi connectivity index (χ0n) is 11.9. The van der Waals surface area contributed by atoms with Crippen molar-refractivity contribution in [1.29, 1.82) is 0 Å². The molecule has 0 radical (unpaired) electrons. The fourth-order valence-corrected chi connectivity index (χ4v) is 2.51. The first-order chi connectivity index (χ1) is 9.69. The van der Waals surface area contributed by atoms with Crippen LogP contribution in [0.4, 0.5) is 4.39 Å². The second-order valence-electron chi connectivity index (χ2n) is 5.03. The van der Waals surface area contributed by atoms with Crippen molar-refractivity contribution in [3.8, 4) is 12.3 Å². The van der Waals surface area contributed by atoms with Crippen molar-refractivity contribution < 1.29 is 4.39 Å². The van der Waals surface area contributed by atoms with Crippen LogP contribution in [0.5, 0.6) is 0 Å². The Morgan fingerprint density at radius 3 is 2.70 bits per heavy atom. The maximum absolute atomic E-state index is 13.7. The van der Waals surface area contributed by atoms with E-state index in [0.717, 1.165) is 34.8 Å². The third-order valence-corrected chi connectivity index (χ3v) is 3.62. The highest BCUT2D eigenvalue weighted by atomic mass is 19.1. The number of hydrogen-bond donors (Lipinski definition) is 0. The molecule has 0 saturated heterocycles. The third-order valence-electron chi connectivity index (χ3n) is 3.62. The van der Waals surface area contributed by atoms with E-state index in [-0.39, 0.29) is 5.82 Å². The van der Waals surface area contributed by atoms with Crippen molar-refractivity contribution in [1.82, 2.24) is 0 Å². The molecule has 2 aromatic rings. The highest BCUT2D eigenvalue weighted by Crippen LogP contribution is 2.30. The normalized spacial score (nSPS) is 10.4. The van der Waals surface area contributed by atoms with Crippen LogP contribution in [0.3, 0.4) is 0 Å². The molecule has 102 valence electrons. The van der Waals surface area contributed by atoms with E-state index < -0.39 is 0 Å². The van der Waals surface area contributed by atoms with Crippen molar-refractivity contribution in [2.45, 2.75) is 32.6 Å². The summed E-state index contributed by atoms with van der Waals surface area (Å²) in [5.74, 6) is 2.11. The van der Waals surface area contributed by atoms with Gasteiger partial charge in [-0.05, 0) is 35.4 Å². The van der Waals surface area contributed by atoms with Gasteiger partial charge in [0.25, 0.3) is 0 Å². The van der Waals surface area contributed by atoms with Crippen molar-refractivity contribution >= 4 is 16.3 Å². The fourth-order valence-electron chi connectivity index (χ4n) is 2.51. The van der Waals surface area contributed by atoms with Crippen LogP contribution in [-0.2, 0) is 0 Å². The molecule has 20 heavy (non-hydrogen) atoms. The molecule has 0 nitrogen and oxygen atoms in total. The molecule has 0 aromatic heterocycles. The van der Waals surface area contributed by atoms with Gasteiger partial charge in [-0.2, -0.15) is 0 Å². The maximum Gasteiger partial charge on any atom is 0.139 e. The number of terminal acetylenes is 1. The molecule has 0 aliphatic carbocycles. The van der Waals surface area contributed by atoms with Crippen LogP contribution in [0.1, 0.15) is 43.7 Å². The lowest BCUT2D eigenvalue weighted by Gasteiger charge is -2.11. The smallest absolute Gasteiger partial charge is 0.139 e. The van der Waals surface area contributed by atoms with E-state index in [2.05, 4.69) is 19.4 Å². The van der Waals surface area contributed by atoms with Gasteiger partial charge in [-0.15, -0.1) is 6.42 Å². The molecule has 0 amide bonds. The monoisotopic (exact) mass is 266 g/mol. The molecule has 2 aromatic carbocycles. The predicted molar refractivity (Wildman–Crippen MR) is 85.0 cm³/mol. The Morgan fingerprint density at radius 1 is 1.20 bits per heavy atom. The average molecular weight is 266 g/mol. The number of benzene rings is 2. The first-order valence-corrected chi connectivity index (χ1v) is 7.05. The highest BCUT2D eigenvalue weighted by Gasteiger charge is 2.09. The van der Waals surface area contributed by atoms with Gasteiger partial charge in [0.2, 0.25) is 0 Å². The summed E-state index contributed by atoms with van der Waals surface area (Å²) in [6.07, 6.45) is 9.92. The summed E-state index contributed by atoms with van der Waals surface area (Å²) in [5.41, 5.74) is 2.51. The minimum absolute atomic E-state index is 0.339. The van der Waals surface area contributed by atoms with E-state index in [4.69, 9.17) is 6.42 Å². The molecule has 0 fully saturated rings. The van der Waals surface area contributed by atoms with Gasteiger partial charge < -0.3 is 0 Å². The van der Waals surface area contributed by atoms with Crippen LogP contribution < -0.4 is 0 Å². The van der Waals surface area contributed by atoms with Gasteiger partial charge >= 0.3 is 0 Å². The summed E-state index contributed by atoms with van der Waals surface area (Å²) in [5, 5.41) is 1.78. The summed E-state index contributed by atoms with van der Waals surface area (Å²) in [4.78, 5) is 0. The SMILES string of the molecule is C#Cc1c(F)ccc2c(C(=C)CCCCC)cccc12. The highest BCUT2D eigenvalue weighted by molar-refractivity contribution is 5.96. The Morgan fingerprint density at radius 2 is 2.00 bits per heavy atom. The van der Waals surface area contributed by atoms with Gasteiger partial charge in [-0.25, -0.2) is 4.39 Å². The number of unbranched alkanes of at least 4 members (excludes halogenated alkanes) is 2. The van der Waals surface area contributed by atoms with Crippen LogP contribution in [0, 0.1) is 18.2 Å². The van der Waals surface area contributed by atoms with Gasteiger partial charge in [0, 0.05) is 5.39 Å². The van der Waals surface area contributed by atoms with E-state index in [1.807, 2.05) is 18.2 Å². The minimum Gasteiger partial charge on any atom is -0.206 e. The second-order valence-corrected chi connectivity index (χ2v) is 5.03. The summed E-state index contributed by atoms with van der Waals surface area (Å²) < 4.78 is 13.7. The predicted octanol–water partition coefficient (Wildman–Crippen LogP) is 5.55. The molecule has 0 heterocycles. The van der Waals surface area contributed by atoms with E-state index in [1.54, 1.807) is 6.07 Å². The number of allylic oxidation sites excluding steroid dienone is 1. The van der Waals surface area contributed by atoms with Crippen molar-refractivity contribution in [3.05, 3.63) is 53.9 Å². The Labute approximate surface area is 120 Å². The minimum atomic E-state index is -0.339. The van der Waals surface area contributed by atoms with Gasteiger partial charge in [0.1, 0.15) is 5.82 Å². The lowest BCUT2D eigenvalue weighted by molar-refractivity contribution is 0.626.